The van der Waals surface area contributed by atoms with Crippen LogP contribution in [0.1, 0.15) is 17.0 Å². The zero-order chi connectivity index (χ0) is 13.8. The second-order valence-electron chi connectivity index (χ2n) is 4.53. The van der Waals surface area contributed by atoms with Gasteiger partial charge in [0.1, 0.15) is 0 Å². The van der Waals surface area contributed by atoms with Crippen LogP contribution in [0, 0.1) is 13.8 Å². The average molecular weight is 320 g/mol. The summed E-state index contributed by atoms with van der Waals surface area (Å²) in [5.74, 6) is 0.788. The highest BCUT2D eigenvalue weighted by Crippen LogP contribution is 2.26. The van der Waals surface area contributed by atoms with Gasteiger partial charge in [0.05, 0.1) is 0 Å². The summed E-state index contributed by atoms with van der Waals surface area (Å²) in [6.07, 6.45) is 0.963. The molecule has 0 aliphatic heterocycles. The fourth-order valence-electron chi connectivity index (χ4n) is 2.11. The van der Waals surface area contributed by atoms with Gasteiger partial charge in [-0.3, -0.25) is 0 Å². The zero-order valence-electron chi connectivity index (χ0n) is 11.5. The third-order valence-corrected chi connectivity index (χ3v) is 3.85. The minimum atomic E-state index is 0.788. The second kappa shape index (κ2) is 6.26. The van der Waals surface area contributed by atoms with Crippen molar-refractivity contribution in [2.45, 2.75) is 20.3 Å². The Labute approximate surface area is 122 Å². The molecule has 0 atom stereocenters. The highest BCUT2D eigenvalue weighted by Gasteiger charge is 2.11. The van der Waals surface area contributed by atoms with Crippen molar-refractivity contribution in [3.8, 4) is 11.4 Å². The van der Waals surface area contributed by atoms with E-state index in [-0.39, 0.29) is 0 Å². The van der Waals surface area contributed by atoms with Crippen molar-refractivity contribution in [3.63, 3.8) is 0 Å². The third-order valence-electron chi connectivity index (χ3n) is 3.16. The smallest absolute Gasteiger partial charge is 0.160 e. The van der Waals surface area contributed by atoms with E-state index in [0.29, 0.717) is 0 Å². The van der Waals surface area contributed by atoms with Crippen molar-refractivity contribution in [1.29, 1.82) is 0 Å². The summed E-state index contributed by atoms with van der Waals surface area (Å²) in [5.41, 5.74) is 4.40. The summed E-state index contributed by atoms with van der Waals surface area (Å²) in [7, 11) is 1.96. The molecule has 4 heteroatoms. The number of aryl methyl sites for hydroxylation is 2. The van der Waals surface area contributed by atoms with E-state index in [1.807, 2.05) is 31.3 Å². The molecule has 1 heterocycles. The van der Waals surface area contributed by atoms with Crippen LogP contribution >= 0.6 is 15.9 Å². The minimum absolute atomic E-state index is 0.788. The van der Waals surface area contributed by atoms with Crippen molar-refractivity contribution in [2.75, 3.05) is 13.6 Å². The van der Waals surface area contributed by atoms with Crippen molar-refractivity contribution in [3.05, 3.63) is 45.7 Å². The number of likely N-dealkylation sites (N-methyl/N-ethyl adjacent to an activating group) is 1. The summed E-state index contributed by atoms with van der Waals surface area (Å²) >= 11 is 3.55. The SMILES string of the molecule is CNCCc1c(C)nc(-c2ccccc2Br)nc1C. The van der Waals surface area contributed by atoms with Crippen LogP contribution in [0.5, 0.6) is 0 Å². The molecule has 1 aromatic carbocycles. The van der Waals surface area contributed by atoms with Gasteiger partial charge in [0.25, 0.3) is 0 Å². The summed E-state index contributed by atoms with van der Waals surface area (Å²) < 4.78 is 1.02. The molecule has 1 aromatic heterocycles. The Hall–Kier alpha value is -1.26. The Morgan fingerprint density at radius 1 is 1.11 bits per heavy atom. The van der Waals surface area contributed by atoms with E-state index in [2.05, 4.69) is 45.1 Å². The van der Waals surface area contributed by atoms with Crippen LogP contribution in [0.4, 0.5) is 0 Å². The normalized spacial score (nSPS) is 10.7. The molecule has 0 aliphatic carbocycles. The molecule has 0 amide bonds. The van der Waals surface area contributed by atoms with Crippen LogP contribution < -0.4 is 5.32 Å². The molecule has 0 spiro atoms. The molecule has 19 heavy (non-hydrogen) atoms. The molecule has 0 aliphatic rings. The Morgan fingerprint density at radius 2 is 1.74 bits per heavy atom. The predicted octanol–water partition coefficient (Wildman–Crippen LogP) is 3.28. The Morgan fingerprint density at radius 3 is 2.32 bits per heavy atom. The molecule has 0 fully saturated rings. The maximum absolute atomic E-state index is 4.65. The molecule has 3 nitrogen and oxygen atoms in total. The van der Waals surface area contributed by atoms with Crippen molar-refractivity contribution in [2.24, 2.45) is 0 Å². The summed E-state index contributed by atoms with van der Waals surface area (Å²) in [6, 6.07) is 8.04. The number of aromatic nitrogens is 2. The van der Waals surface area contributed by atoms with Gasteiger partial charge in [-0.05, 0) is 45.5 Å². The molecule has 2 rings (SSSR count). The lowest BCUT2D eigenvalue weighted by Crippen LogP contribution is -2.13. The van der Waals surface area contributed by atoms with Crippen LogP contribution in [0.2, 0.25) is 0 Å². The number of hydrogen-bond acceptors (Lipinski definition) is 3. The second-order valence-corrected chi connectivity index (χ2v) is 5.38. The first-order valence-corrected chi connectivity index (χ1v) is 7.16. The molecule has 0 unspecified atom stereocenters. The lowest BCUT2D eigenvalue weighted by atomic mass is 10.1. The minimum Gasteiger partial charge on any atom is -0.319 e. The fourth-order valence-corrected chi connectivity index (χ4v) is 2.58. The van der Waals surface area contributed by atoms with E-state index in [1.54, 1.807) is 0 Å². The van der Waals surface area contributed by atoms with E-state index in [9.17, 15) is 0 Å². The maximum Gasteiger partial charge on any atom is 0.160 e. The topological polar surface area (TPSA) is 37.8 Å². The van der Waals surface area contributed by atoms with Crippen LogP contribution in [0.25, 0.3) is 11.4 Å². The lowest BCUT2D eigenvalue weighted by Gasteiger charge is -2.11. The van der Waals surface area contributed by atoms with E-state index in [1.165, 1.54) is 5.56 Å². The first kappa shape index (κ1) is 14.2. The van der Waals surface area contributed by atoms with E-state index in [4.69, 9.17) is 0 Å². The lowest BCUT2D eigenvalue weighted by molar-refractivity contribution is 0.774. The number of nitrogens with one attached hydrogen (secondary N) is 1. The number of benzene rings is 1. The molecule has 0 bridgehead atoms. The highest BCUT2D eigenvalue weighted by molar-refractivity contribution is 9.10. The number of halogens is 1. The van der Waals surface area contributed by atoms with Crippen molar-refractivity contribution < 1.29 is 0 Å². The van der Waals surface area contributed by atoms with Gasteiger partial charge in [-0.2, -0.15) is 0 Å². The first-order chi connectivity index (χ1) is 9.13. The fraction of sp³-hybridized carbons (Fsp3) is 0.333. The van der Waals surface area contributed by atoms with Gasteiger partial charge in [-0.15, -0.1) is 0 Å². The molecule has 0 radical (unpaired) electrons. The summed E-state index contributed by atoms with van der Waals surface area (Å²) in [4.78, 5) is 9.30. The summed E-state index contributed by atoms with van der Waals surface area (Å²) in [5, 5.41) is 3.16. The molecular formula is C15H18BrN3. The Bertz CT molecular complexity index is 558. The molecular weight excluding hydrogens is 302 g/mol. The largest absolute Gasteiger partial charge is 0.319 e. The molecule has 2 aromatic rings. The van der Waals surface area contributed by atoms with Gasteiger partial charge in [-0.1, -0.05) is 34.1 Å². The predicted molar refractivity (Wildman–Crippen MR) is 82.3 cm³/mol. The van der Waals surface area contributed by atoms with Gasteiger partial charge in [0.15, 0.2) is 5.82 Å². The zero-order valence-corrected chi connectivity index (χ0v) is 13.1. The van der Waals surface area contributed by atoms with Gasteiger partial charge in [0, 0.05) is 21.4 Å². The van der Waals surface area contributed by atoms with E-state index < -0.39 is 0 Å². The van der Waals surface area contributed by atoms with E-state index >= 15 is 0 Å². The molecule has 1 N–H and O–H groups in total. The highest BCUT2D eigenvalue weighted by atomic mass is 79.9. The van der Waals surface area contributed by atoms with Gasteiger partial charge in [0.2, 0.25) is 0 Å². The maximum atomic E-state index is 4.65. The molecule has 0 saturated heterocycles. The monoisotopic (exact) mass is 319 g/mol. The Kier molecular flexibility index (Phi) is 4.66. The quantitative estimate of drug-likeness (QED) is 0.939. The first-order valence-electron chi connectivity index (χ1n) is 6.37. The summed E-state index contributed by atoms with van der Waals surface area (Å²) in [6.45, 7) is 5.06. The molecule has 100 valence electrons. The van der Waals surface area contributed by atoms with Crippen molar-refractivity contribution >= 4 is 15.9 Å². The third kappa shape index (κ3) is 3.19. The number of rotatable bonds is 4. The number of nitrogens with zero attached hydrogens (tertiary/aromatic N) is 2. The van der Waals surface area contributed by atoms with Gasteiger partial charge in [-0.25, -0.2) is 9.97 Å². The van der Waals surface area contributed by atoms with Crippen LogP contribution in [0.3, 0.4) is 0 Å². The number of hydrogen-bond donors (Lipinski definition) is 1. The van der Waals surface area contributed by atoms with Gasteiger partial charge >= 0.3 is 0 Å². The van der Waals surface area contributed by atoms with Crippen LogP contribution in [-0.4, -0.2) is 23.6 Å². The van der Waals surface area contributed by atoms with Crippen LogP contribution in [0.15, 0.2) is 28.7 Å². The Balaban J connectivity index is 2.43. The average Bonchev–Trinajstić information content (AvgIpc) is 2.38. The standard InChI is InChI=1S/C15H18BrN3/c1-10-12(8-9-17-3)11(2)19-15(18-10)13-6-4-5-7-14(13)16/h4-7,17H,8-9H2,1-3H3. The van der Waals surface area contributed by atoms with Gasteiger partial charge < -0.3 is 5.32 Å². The van der Waals surface area contributed by atoms with Crippen LogP contribution in [-0.2, 0) is 6.42 Å². The van der Waals surface area contributed by atoms with E-state index in [0.717, 1.165) is 40.2 Å². The molecule has 0 saturated carbocycles. The van der Waals surface area contributed by atoms with Crippen molar-refractivity contribution in [1.82, 2.24) is 15.3 Å².